The van der Waals surface area contributed by atoms with Crippen LogP contribution in [0.2, 0.25) is 0 Å². The molecule has 130 valence electrons. The van der Waals surface area contributed by atoms with E-state index in [1.54, 1.807) is 6.08 Å². The zero-order valence-corrected chi connectivity index (χ0v) is 13.8. The molecule has 24 heavy (non-hydrogen) atoms. The smallest absolute Gasteiger partial charge is 0.303 e. The molecule has 0 unspecified atom stereocenters. The minimum atomic E-state index is -0.912. The molecule has 0 bridgehead atoms. The number of allylic oxidation sites excluding steroid dienone is 5. The zero-order valence-electron chi connectivity index (χ0n) is 13.8. The molecule has 0 atom stereocenters. The van der Waals surface area contributed by atoms with Crippen LogP contribution in [0.5, 0.6) is 0 Å². The Balaban J connectivity index is 2.39. The van der Waals surface area contributed by atoms with Crippen LogP contribution in [0.15, 0.2) is 35.6 Å². The van der Waals surface area contributed by atoms with Gasteiger partial charge >= 0.3 is 5.97 Å². The minimum absolute atomic E-state index is 0.0209. The molecule has 0 saturated carbocycles. The number of carboxylic acid groups (broad SMARTS) is 1. The lowest BCUT2D eigenvalue weighted by atomic mass is 10.0. The summed E-state index contributed by atoms with van der Waals surface area (Å²) in [6.45, 7) is 1.40. The third-order valence-electron chi connectivity index (χ3n) is 3.41. The van der Waals surface area contributed by atoms with Crippen molar-refractivity contribution in [2.45, 2.75) is 51.9 Å². The molecule has 1 amide bonds. The number of ketones is 2. The highest BCUT2D eigenvalue weighted by atomic mass is 16.4. The summed E-state index contributed by atoms with van der Waals surface area (Å²) in [4.78, 5) is 44.6. The molecular formula is C18H23NO5. The van der Waals surface area contributed by atoms with Gasteiger partial charge in [-0.25, -0.2) is 0 Å². The molecule has 0 aromatic carbocycles. The van der Waals surface area contributed by atoms with Crippen LogP contribution in [-0.2, 0) is 19.2 Å². The van der Waals surface area contributed by atoms with Gasteiger partial charge in [0.2, 0.25) is 5.91 Å². The van der Waals surface area contributed by atoms with Gasteiger partial charge in [-0.2, -0.15) is 0 Å². The molecule has 0 fully saturated rings. The Bertz CT molecular complexity index is 599. The van der Waals surface area contributed by atoms with Gasteiger partial charge in [-0.1, -0.05) is 23.8 Å². The predicted octanol–water partition coefficient (Wildman–Crippen LogP) is 2.46. The largest absolute Gasteiger partial charge is 0.481 e. The fourth-order valence-corrected chi connectivity index (χ4v) is 2.22. The molecule has 6 heteroatoms. The third-order valence-corrected chi connectivity index (χ3v) is 3.41. The third kappa shape index (κ3) is 8.82. The molecule has 1 aliphatic carbocycles. The van der Waals surface area contributed by atoms with Crippen LogP contribution in [0.3, 0.4) is 0 Å². The lowest BCUT2D eigenvalue weighted by molar-refractivity contribution is -0.137. The number of hydrogen-bond donors (Lipinski definition) is 2. The van der Waals surface area contributed by atoms with Crippen LogP contribution in [0, 0.1) is 0 Å². The maximum Gasteiger partial charge on any atom is 0.303 e. The van der Waals surface area contributed by atoms with E-state index in [0.717, 1.165) is 5.57 Å². The molecule has 0 spiro atoms. The van der Waals surface area contributed by atoms with Crippen molar-refractivity contribution < 1.29 is 24.3 Å². The number of Topliss-reactive ketones (excluding diaryl/α,β-unsaturated/α-hetero) is 2. The zero-order chi connectivity index (χ0) is 17.9. The van der Waals surface area contributed by atoms with Gasteiger partial charge in [-0.05, 0) is 32.3 Å². The monoisotopic (exact) mass is 333 g/mol. The number of amides is 1. The second-order valence-corrected chi connectivity index (χ2v) is 5.72. The summed E-state index contributed by atoms with van der Waals surface area (Å²) in [5, 5.41) is 11.3. The summed E-state index contributed by atoms with van der Waals surface area (Å²) < 4.78 is 0. The van der Waals surface area contributed by atoms with E-state index in [2.05, 4.69) is 5.32 Å². The lowest BCUT2D eigenvalue weighted by Gasteiger charge is -2.05. The summed E-state index contributed by atoms with van der Waals surface area (Å²) in [7, 11) is 0. The molecule has 1 rings (SSSR count). The number of carbonyl (C=O) groups excluding carboxylic acids is 3. The normalized spacial score (nSPS) is 13.5. The van der Waals surface area contributed by atoms with E-state index >= 15 is 0 Å². The Labute approximate surface area is 141 Å². The van der Waals surface area contributed by atoms with Crippen LogP contribution in [0.1, 0.15) is 51.9 Å². The number of carbonyl (C=O) groups is 4. The summed E-state index contributed by atoms with van der Waals surface area (Å²) in [6, 6.07) is 0. The van der Waals surface area contributed by atoms with Gasteiger partial charge in [0.15, 0.2) is 0 Å². The maximum absolute atomic E-state index is 11.7. The Morgan fingerprint density at radius 1 is 1.08 bits per heavy atom. The Kier molecular flexibility index (Phi) is 8.39. The summed E-state index contributed by atoms with van der Waals surface area (Å²) in [5.74, 6) is -1.32. The van der Waals surface area contributed by atoms with Crippen molar-refractivity contribution in [3.63, 3.8) is 0 Å². The number of hydrogen-bond acceptors (Lipinski definition) is 4. The van der Waals surface area contributed by atoms with E-state index < -0.39 is 5.97 Å². The van der Waals surface area contributed by atoms with Crippen LogP contribution >= 0.6 is 0 Å². The van der Waals surface area contributed by atoms with E-state index in [4.69, 9.17) is 5.11 Å². The van der Waals surface area contributed by atoms with E-state index in [1.165, 1.54) is 6.92 Å². The fraction of sp³-hybridized carbons (Fsp3) is 0.444. The Hall–Kier alpha value is -2.50. The van der Waals surface area contributed by atoms with Gasteiger partial charge in [0, 0.05) is 25.0 Å². The topological polar surface area (TPSA) is 101 Å². The van der Waals surface area contributed by atoms with Gasteiger partial charge in [0.1, 0.15) is 11.6 Å². The van der Waals surface area contributed by atoms with Crippen molar-refractivity contribution in [1.82, 2.24) is 5.32 Å². The van der Waals surface area contributed by atoms with Crippen LogP contribution in [0.4, 0.5) is 0 Å². The summed E-state index contributed by atoms with van der Waals surface area (Å²) >= 11 is 0. The van der Waals surface area contributed by atoms with Crippen LogP contribution < -0.4 is 5.32 Å². The van der Waals surface area contributed by atoms with Crippen molar-refractivity contribution >= 4 is 23.4 Å². The van der Waals surface area contributed by atoms with E-state index in [9.17, 15) is 19.2 Å². The lowest BCUT2D eigenvalue weighted by Crippen LogP contribution is -2.21. The van der Waals surface area contributed by atoms with Gasteiger partial charge in [0.25, 0.3) is 0 Å². The molecule has 1 aliphatic rings. The van der Waals surface area contributed by atoms with Gasteiger partial charge in [-0.3, -0.25) is 19.2 Å². The quantitative estimate of drug-likeness (QED) is 0.598. The average molecular weight is 333 g/mol. The highest BCUT2D eigenvalue weighted by molar-refractivity contribution is 5.97. The average Bonchev–Trinajstić information content (AvgIpc) is 2.69. The molecule has 0 aliphatic heterocycles. The van der Waals surface area contributed by atoms with E-state index in [0.29, 0.717) is 31.4 Å². The summed E-state index contributed by atoms with van der Waals surface area (Å²) in [5.41, 5.74) is 1.65. The molecule has 0 heterocycles. The number of nitrogens with one attached hydrogen (secondary N) is 1. The van der Waals surface area contributed by atoms with Crippen molar-refractivity contribution in [3.8, 4) is 0 Å². The second-order valence-electron chi connectivity index (χ2n) is 5.72. The first-order valence-corrected chi connectivity index (χ1v) is 7.97. The van der Waals surface area contributed by atoms with E-state index in [1.807, 2.05) is 18.2 Å². The van der Waals surface area contributed by atoms with Gasteiger partial charge < -0.3 is 10.4 Å². The number of aliphatic carboxylic acids is 1. The molecular weight excluding hydrogens is 310 g/mol. The van der Waals surface area contributed by atoms with Crippen LogP contribution in [0.25, 0.3) is 0 Å². The molecule has 0 aromatic rings. The maximum atomic E-state index is 11.7. The summed E-state index contributed by atoms with van der Waals surface area (Å²) in [6.07, 6.45) is 9.39. The highest BCUT2D eigenvalue weighted by Crippen LogP contribution is 2.15. The molecule has 0 saturated heterocycles. The Morgan fingerprint density at radius 3 is 2.50 bits per heavy atom. The molecule has 6 nitrogen and oxygen atoms in total. The second kappa shape index (κ2) is 10.3. The van der Waals surface area contributed by atoms with Crippen molar-refractivity contribution in [1.29, 1.82) is 0 Å². The van der Waals surface area contributed by atoms with E-state index in [-0.39, 0.29) is 36.7 Å². The molecule has 0 aromatic heterocycles. The first kappa shape index (κ1) is 19.5. The predicted molar refractivity (Wildman–Crippen MR) is 89.1 cm³/mol. The fourth-order valence-electron chi connectivity index (χ4n) is 2.22. The van der Waals surface area contributed by atoms with Crippen LogP contribution in [-0.4, -0.2) is 28.5 Å². The SMILES string of the molecule is CC(=O)CC(=O)CCC1=CCC=C(NC(=O)CCCC(=O)O)C=C1. The minimum Gasteiger partial charge on any atom is -0.481 e. The standard InChI is InChI=1S/C18H23NO5/c1-13(20)12-16(21)11-9-14-4-2-5-15(10-8-14)19-17(22)6-3-7-18(23)24/h4-5,8,10H,2-3,6-7,9,11-12H2,1H3,(H,19,22)(H,23,24). The first-order valence-electron chi connectivity index (χ1n) is 7.97. The van der Waals surface area contributed by atoms with Crippen molar-refractivity contribution in [2.75, 3.05) is 0 Å². The van der Waals surface area contributed by atoms with Gasteiger partial charge in [-0.15, -0.1) is 0 Å². The number of rotatable bonds is 10. The number of carboxylic acids is 1. The van der Waals surface area contributed by atoms with Crippen molar-refractivity contribution in [2.24, 2.45) is 0 Å². The van der Waals surface area contributed by atoms with Gasteiger partial charge in [0.05, 0.1) is 6.42 Å². The molecule has 2 N–H and O–H groups in total. The van der Waals surface area contributed by atoms with Crippen molar-refractivity contribution in [3.05, 3.63) is 35.6 Å². The molecule has 0 radical (unpaired) electrons. The highest BCUT2D eigenvalue weighted by Gasteiger charge is 2.08. The first-order chi connectivity index (χ1) is 11.4. The Morgan fingerprint density at radius 2 is 1.83 bits per heavy atom.